The van der Waals surface area contributed by atoms with E-state index in [0.717, 1.165) is 51.0 Å². The average molecular weight is 294 g/mol. The summed E-state index contributed by atoms with van der Waals surface area (Å²) in [6, 6.07) is 0. The van der Waals surface area contributed by atoms with E-state index in [-0.39, 0.29) is 5.92 Å². The normalized spacial score (nSPS) is 34.6. The molecular weight excluding hydrogens is 264 g/mol. The number of nitrogens with one attached hydrogen (secondary N) is 1. The minimum atomic E-state index is 0.217. The Labute approximate surface area is 128 Å². The quantitative estimate of drug-likeness (QED) is 0.843. The molecule has 4 nitrogen and oxygen atoms in total. The van der Waals surface area contributed by atoms with E-state index in [2.05, 4.69) is 17.1 Å². The van der Waals surface area contributed by atoms with E-state index >= 15 is 0 Å². The molecule has 0 aromatic rings. The number of carbonyl (C=O) groups is 1. The van der Waals surface area contributed by atoms with Gasteiger partial charge in [0.2, 0.25) is 5.91 Å². The first-order valence-corrected chi connectivity index (χ1v) is 8.82. The lowest BCUT2D eigenvalue weighted by Gasteiger charge is -2.36. The number of nitrogens with zero attached hydrogens (tertiary/aromatic N) is 1. The van der Waals surface area contributed by atoms with Gasteiger partial charge in [0.15, 0.2) is 0 Å². The van der Waals surface area contributed by atoms with Crippen molar-refractivity contribution in [2.75, 3.05) is 32.8 Å². The molecule has 0 spiro atoms. The summed E-state index contributed by atoms with van der Waals surface area (Å²) in [5, 5.41) is 3.16. The Hall–Kier alpha value is -0.610. The summed E-state index contributed by atoms with van der Waals surface area (Å²) >= 11 is 0. The highest BCUT2D eigenvalue weighted by atomic mass is 16.5. The Balaban J connectivity index is 1.42. The van der Waals surface area contributed by atoms with Crippen molar-refractivity contribution in [2.45, 2.75) is 51.6 Å². The van der Waals surface area contributed by atoms with Crippen molar-refractivity contribution in [3.8, 4) is 0 Å². The maximum atomic E-state index is 12.3. The minimum Gasteiger partial charge on any atom is -0.378 e. The molecule has 2 heterocycles. The zero-order valence-corrected chi connectivity index (χ0v) is 13.4. The van der Waals surface area contributed by atoms with E-state index in [1.165, 1.54) is 32.1 Å². The van der Waals surface area contributed by atoms with Gasteiger partial charge in [-0.1, -0.05) is 0 Å². The lowest BCUT2D eigenvalue weighted by Crippen LogP contribution is -2.45. The third-order valence-corrected chi connectivity index (χ3v) is 5.25. The van der Waals surface area contributed by atoms with Gasteiger partial charge in [0.25, 0.3) is 0 Å². The molecule has 0 radical (unpaired) electrons. The molecule has 3 atom stereocenters. The van der Waals surface area contributed by atoms with E-state index < -0.39 is 0 Å². The Morgan fingerprint density at radius 3 is 2.86 bits per heavy atom. The zero-order valence-electron chi connectivity index (χ0n) is 13.4. The molecule has 0 aromatic carbocycles. The molecule has 3 rings (SSSR count). The van der Waals surface area contributed by atoms with Crippen LogP contribution in [0, 0.1) is 17.8 Å². The number of likely N-dealkylation sites (tertiary alicyclic amines) is 1. The average Bonchev–Trinajstić information content (AvgIpc) is 3.29. The van der Waals surface area contributed by atoms with Crippen molar-refractivity contribution in [2.24, 2.45) is 17.8 Å². The van der Waals surface area contributed by atoms with Crippen LogP contribution in [0.1, 0.15) is 45.4 Å². The van der Waals surface area contributed by atoms with Crippen molar-refractivity contribution in [3.05, 3.63) is 0 Å². The first kappa shape index (κ1) is 15.3. The van der Waals surface area contributed by atoms with E-state index in [4.69, 9.17) is 4.74 Å². The third kappa shape index (κ3) is 4.68. The van der Waals surface area contributed by atoms with Gasteiger partial charge in [-0.25, -0.2) is 0 Å². The molecule has 4 heteroatoms. The second kappa shape index (κ2) is 7.10. The predicted octanol–water partition coefficient (Wildman–Crippen LogP) is 2.04. The summed E-state index contributed by atoms with van der Waals surface area (Å²) in [7, 11) is 0. The van der Waals surface area contributed by atoms with Crippen LogP contribution in [0.15, 0.2) is 0 Å². The summed E-state index contributed by atoms with van der Waals surface area (Å²) in [5.74, 6) is 2.04. The summed E-state index contributed by atoms with van der Waals surface area (Å²) in [6.07, 6.45) is 7.61. The maximum absolute atomic E-state index is 12.3. The first-order valence-electron chi connectivity index (χ1n) is 8.82. The van der Waals surface area contributed by atoms with Gasteiger partial charge >= 0.3 is 0 Å². The van der Waals surface area contributed by atoms with Gasteiger partial charge in [-0.2, -0.15) is 0 Å². The number of amides is 1. The highest BCUT2D eigenvalue weighted by Gasteiger charge is 2.29. The summed E-state index contributed by atoms with van der Waals surface area (Å²) in [4.78, 5) is 14.8. The van der Waals surface area contributed by atoms with Crippen molar-refractivity contribution in [1.29, 1.82) is 0 Å². The zero-order chi connectivity index (χ0) is 14.7. The monoisotopic (exact) mass is 294 g/mol. The molecule has 1 aliphatic carbocycles. The molecule has 2 aliphatic heterocycles. The van der Waals surface area contributed by atoms with Crippen molar-refractivity contribution in [3.63, 3.8) is 0 Å². The Morgan fingerprint density at radius 2 is 2.10 bits per heavy atom. The van der Waals surface area contributed by atoms with Crippen LogP contribution in [0.25, 0.3) is 0 Å². The summed E-state index contributed by atoms with van der Waals surface area (Å²) in [6.45, 7) is 7.27. The van der Waals surface area contributed by atoms with E-state index in [1.54, 1.807) is 0 Å². The smallest absolute Gasteiger partial charge is 0.224 e. The van der Waals surface area contributed by atoms with Crippen LogP contribution in [0.4, 0.5) is 0 Å². The van der Waals surface area contributed by atoms with Crippen LogP contribution in [0.2, 0.25) is 0 Å². The molecule has 0 aromatic heterocycles. The van der Waals surface area contributed by atoms with Gasteiger partial charge in [0.1, 0.15) is 0 Å². The van der Waals surface area contributed by atoms with Crippen LogP contribution >= 0.6 is 0 Å². The fraction of sp³-hybridized carbons (Fsp3) is 0.941. The van der Waals surface area contributed by atoms with Crippen molar-refractivity contribution < 1.29 is 9.53 Å². The first-order chi connectivity index (χ1) is 10.2. The maximum Gasteiger partial charge on any atom is 0.224 e. The van der Waals surface area contributed by atoms with Gasteiger partial charge in [-0.15, -0.1) is 0 Å². The Kier molecular flexibility index (Phi) is 5.17. The predicted molar refractivity (Wildman–Crippen MR) is 83.0 cm³/mol. The van der Waals surface area contributed by atoms with Gasteiger partial charge in [-0.3, -0.25) is 4.79 Å². The molecule has 3 aliphatic rings. The number of carbonyl (C=O) groups excluding carboxylic acids is 1. The van der Waals surface area contributed by atoms with E-state index in [9.17, 15) is 4.79 Å². The second-order valence-electron chi connectivity index (χ2n) is 7.36. The van der Waals surface area contributed by atoms with Gasteiger partial charge in [0.05, 0.1) is 12.0 Å². The molecule has 3 fully saturated rings. The van der Waals surface area contributed by atoms with Crippen LogP contribution < -0.4 is 5.32 Å². The lowest BCUT2D eigenvalue weighted by atomic mass is 9.92. The highest BCUT2D eigenvalue weighted by Crippen LogP contribution is 2.28. The van der Waals surface area contributed by atoms with Crippen LogP contribution in [0.5, 0.6) is 0 Å². The van der Waals surface area contributed by atoms with Crippen LogP contribution in [-0.2, 0) is 9.53 Å². The van der Waals surface area contributed by atoms with Crippen molar-refractivity contribution >= 4 is 5.91 Å². The van der Waals surface area contributed by atoms with Crippen molar-refractivity contribution in [1.82, 2.24) is 10.2 Å². The second-order valence-corrected chi connectivity index (χ2v) is 7.36. The van der Waals surface area contributed by atoms with Gasteiger partial charge in [0, 0.05) is 26.2 Å². The fourth-order valence-corrected chi connectivity index (χ4v) is 3.77. The number of rotatable bonds is 5. The SMILES string of the molecule is C[C@@H]1C[C@@H](CN2CCC[C@H](C(=O)NCC3CC3)C2)CCO1. The number of ether oxygens (including phenoxy) is 1. The molecule has 0 bridgehead atoms. The molecule has 120 valence electrons. The molecule has 1 N–H and O–H groups in total. The van der Waals surface area contributed by atoms with Crippen LogP contribution in [-0.4, -0.2) is 49.7 Å². The molecule has 0 unspecified atom stereocenters. The standard InChI is InChI=1S/C17H30N2O2/c1-13-9-15(6-8-21-13)11-19-7-2-3-16(12-19)17(20)18-10-14-4-5-14/h13-16H,2-12H2,1H3,(H,18,20)/t13-,15+,16+/m1/s1. The minimum absolute atomic E-state index is 0.217. The topological polar surface area (TPSA) is 41.6 Å². The molecular formula is C17H30N2O2. The number of hydrogen-bond acceptors (Lipinski definition) is 3. The van der Waals surface area contributed by atoms with E-state index in [0.29, 0.717) is 12.0 Å². The molecule has 1 amide bonds. The molecule has 2 saturated heterocycles. The Bertz CT molecular complexity index is 357. The van der Waals surface area contributed by atoms with Gasteiger partial charge in [-0.05, 0) is 63.8 Å². The van der Waals surface area contributed by atoms with Gasteiger partial charge < -0.3 is 15.0 Å². The third-order valence-electron chi connectivity index (χ3n) is 5.25. The molecule has 21 heavy (non-hydrogen) atoms. The largest absolute Gasteiger partial charge is 0.378 e. The number of piperidine rings is 1. The Morgan fingerprint density at radius 1 is 1.24 bits per heavy atom. The lowest BCUT2D eigenvalue weighted by molar-refractivity contribution is -0.127. The van der Waals surface area contributed by atoms with Crippen LogP contribution in [0.3, 0.4) is 0 Å². The summed E-state index contributed by atoms with van der Waals surface area (Å²) in [5.41, 5.74) is 0. The summed E-state index contributed by atoms with van der Waals surface area (Å²) < 4.78 is 5.63. The van der Waals surface area contributed by atoms with E-state index in [1.807, 2.05) is 0 Å². The fourth-order valence-electron chi connectivity index (χ4n) is 3.77. The molecule has 1 saturated carbocycles. The number of hydrogen-bond donors (Lipinski definition) is 1. The highest BCUT2D eigenvalue weighted by molar-refractivity contribution is 5.79.